The van der Waals surface area contributed by atoms with Crippen molar-refractivity contribution in [3.8, 4) is 5.75 Å². The van der Waals surface area contributed by atoms with Crippen molar-refractivity contribution in [2.45, 2.75) is 19.8 Å². The third kappa shape index (κ3) is 5.45. The summed E-state index contributed by atoms with van der Waals surface area (Å²) in [6.07, 6.45) is 1.04. The average molecular weight is 388 g/mol. The van der Waals surface area contributed by atoms with E-state index in [2.05, 4.69) is 10.6 Å². The molecule has 5 heteroatoms. The first-order valence-electron chi connectivity index (χ1n) is 9.45. The van der Waals surface area contributed by atoms with Crippen molar-refractivity contribution in [1.82, 2.24) is 0 Å². The predicted octanol–water partition coefficient (Wildman–Crippen LogP) is 4.83. The summed E-state index contributed by atoms with van der Waals surface area (Å²) in [5, 5.41) is 5.76. The molecule has 0 saturated heterocycles. The van der Waals surface area contributed by atoms with E-state index in [9.17, 15) is 9.59 Å². The summed E-state index contributed by atoms with van der Waals surface area (Å²) in [5.74, 6) is 0.207. The van der Waals surface area contributed by atoms with Crippen LogP contribution in [0.25, 0.3) is 0 Å². The first kappa shape index (κ1) is 20.1. The monoisotopic (exact) mass is 388 g/mol. The van der Waals surface area contributed by atoms with Crippen LogP contribution in [0.5, 0.6) is 5.75 Å². The molecule has 3 aromatic rings. The van der Waals surface area contributed by atoms with Crippen molar-refractivity contribution in [3.63, 3.8) is 0 Å². The third-order valence-corrected chi connectivity index (χ3v) is 4.60. The minimum atomic E-state index is -0.228. The van der Waals surface area contributed by atoms with Crippen molar-refractivity contribution >= 4 is 23.2 Å². The van der Waals surface area contributed by atoms with Crippen LogP contribution in [0.2, 0.25) is 0 Å². The first-order chi connectivity index (χ1) is 14.1. The summed E-state index contributed by atoms with van der Waals surface area (Å²) in [6.45, 7) is 1.88. The number of carbonyl (C=O) groups is 2. The largest absolute Gasteiger partial charge is 0.495 e. The molecule has 2 amide bonds. The van der Waals surface area contributed by atoms with Gasteiger partial charge in [-0.05, 0) is 48.7 Å². The molecule has 3 aromatic carbocycles. The number of ether oxygens (including phenoxy) is 1. The summed E-state index contributed by atoms with van der Waals surface area (Å²) in [7, 11) is 1.54. The van der Waals surface area contributed by atoms with E-state index < -0.39 is 0 Å². The van der Waals surface area contributed by atoms with Crippen molar-refractivity contribution < 1.29 is 14.3 Å². The molecule has 2 N–H and O–H groups in total. The second kappa shape index (κ2) is 9.55. The maximum absolute atomic E-state index is 12.6. The molecule has 0 aliphatic heterocycles. The van der Waals surface area contributed by atoms with Crippen LogP contribution in [-0.2, 0) is 11.2 Å². The fourth-order valence-corrected chi connectivity index (χ4v) is 3.03. The lowest BCUT2D eigenvalue weighted by Gasteiger charge is -2.14. The Hall–Kier alpha value is -3.60. The highest BCUT2D eigenvalue weighted by molar-refractivity contribution is 6.06. The number of benzene rings is 3. The molecule has 0 saturated carbocycles. The molecule has 29 heavy (non-hydrogen) atoms. The van der Waals surface area contributed by atoms with Crippen LogP contribution in [0, 0.1) is 6.92 Å². The molecule has 0 aliphatic carbocycles. The number of amides is 2. The van der Waals surface area contributed by atoms with E-state index in [1.807, 2.05) is 55.5 Å². The number of anilines is 2. The third-order valence-electron chi connectivity index (χ3n) is 4.60. The van der Waals surface area contributed by atoms with Crippen LogP contribution in [0.3, 0.4) is 0 Å². The normalized spacial score (nSPS) is 10.3. The maximum atomic E-state index is 12.6. The fraction of sp³-hybridized carbons (Fsp3) is 0.167. The van der Waals surface area contributed by atoms with Crippen LogP contribution < -0.4 is 15.4 Å². The van der Waals surface area contributed by atoms with Crippen molar-refractivity contribution in [1.29, 1.82) is 0 Å². The molecule has 0 heterocycles. The van der Waals surface area contributed by atoms with Gasteiger partial charge in [0.15, 0.2) is 0 Å². The lowest BCUT2D eigenvalue weighted by atomic mass is 10.1. The molecule has 3 rings (SSSR count). The Morgan fingerprint density at radius 2 is 1.62 bits per heavy atom. The predicted molar refractivity (Wildman–Crippen MR) is 116 cm³/mol. The van der Waals surface area contributed by atoms with Crippen LogP contribution >= 0.6 is 0 Å². The lowest BCUT2D eigenvalue weighted by molar-refractivity contribution is -0.116. The quantitative estimate of drug-likeness (QED) is 0.609. The highest BCUT2D eigenvalue weighted by Crippen LogP contribution is 2.28. The van der Waals surface area contributed by atoms with Gasteiger partial charge in [0.25, 0.3) is 5.91 Å². The van der Waals surface area contributed by atoms with E-state index >= 15 is 0 Å². The minimum absolute atomic E-state index is 0.0878. The Morgan fingerprint density at radius 1 is 0.897 bits per heavy atom. The van der Waals surface area contributed by atoms with E-state index in [1.54, 1.807) is 24.3 Å². The molecular formula is C24H24N2O3. The summed E-state index contributed by atoms with van der Waals surface area (Å²) >= 11 is 0. The van der Waals surface area contributed by atoms with Gasteiger partial charge < -0.3 is 15.4 Å². The number of hydrogen-bond acceptors (Lipinski definition) is 3. The van der Waals surface area contributed by atoms with Crippen LogP contribution in [-0.4, -0.2) is 18.9 Å². The lowest BCUT2D eigenvalue weighted by Crippen LogP contribution is -2.15. The summed E-state index contributed by atoms with van der Waals surface area (Å²) < 4.78 is 5.35. The molecule has 5 nitrogen and oxygen atoms in total. The molecule has 0 bridgehead atoms. The zero-order valence-electron chi connectivity index (χ0n) is 16.6. The first-order valence-corrected chi connectivity index (χ1v) is 9.45. The van der Waals surface area contributed by atoms with Gasteiger partial charge in [-0.25, -0.2) is 0 Å². The van der Waals surface area contributed by atoms with Crippen molar-refractivity contribution in [2.24, 2.45) is 0 Å². The highest BCUT2D eigenvalue weighted by Gasteiger charge is 2.13. The van der Waals surface area contributed by atoms with Gasteiger partial charge in [-0.3, -0.25) is 9.59 Å². The number of hydrogen-bond donors (Lipinski definition) is 2. The Morgan fingerprint density at radius 3 is 2.34 bits per heavy atom. The van der Waals surface area contributed by atoms with Crippen molar-refractivity contribution in [3.05, 3.63) is 89.5 Å². The summed E-state index contributed by atoms with van der Waals surface area (Å²) in [6, 6.07) is 22.4. The minimum Gasteiger partial charge on any atom is -0.495 e. The van der Waals surface area contributed by atoms with Gasteiger partial charge in [0.05, 0.1) is 12.8 Å². The van der Waals surface area contributed by atoms with E-state index in [0.717, 1.165) is 11.1 Å². The molecule has 0 unspecified atom stereocenters. The van der Waals surface area contributed by atoms with Gasteiger partial charge in [0, 0.05) is 17.7 Å². The number of rotatable bonds is 7. The molecule has 0 fully saturated rings. The Labute approximate surface area is 170 Å². The van der Waals surface area contributed by atoms with Gasteiger partial charge in [-0.15, -0.1) is 0 Å². The molecule has 0 atom stereocenters. The number of methoxy groups -OCH3 is 1. The smallest absolute Gasteiger partial charge is 0.256 e. The SMILES string of the molecule is COc1ccc(NC(=O)CCc2ccccc2)cc1NC(=O)c1ccccc1C. The fourth-order valence-electron chi connectivity index (χ4n) is 3.03. The van der Waals surface area contributed by atoms with Gasteiger partial charge in [0.2, 0.25) is 5.91 Å². The maximum Gasteiger partial charge on any atom is 0.256 e. The second-order valence-electron chi connectivity index (χ2n) is 6.72. The topological polar surface area (TPSA) is 67.4 Å². The van der Waals surface area contributed by atoms with Crippen LogP contribution in [0.15, 0.2) is 72.8 Å². The Balaban J connectivity index is 1.69. The molecular weight excluding hydrogens is 364 g/mol. The summed E-state index contributed by atoms with van der Waals surface area (Å²) in [4.78, 5) is 25.0. The van der Waals surface area contributed by atoms with Crippen molar-refractivity contribution in [2.75, 3.05) is 17.7 Å². The standard InChI is InChI=1S/C24H24N2O3/c1-17-8-6-7-11-20(17)24(28)26-21-16-19(13-14-22(21)29-2)25-23(27)15-12-18-9-4-3-5-10-18/h3-11,13-14,16H,12,15H2,1-2H3,(H,25,27)(H,26,28). The molecule has 0 spiro atoms. The van der Waals surface area contributed by atoms with E-state index in [0.29, 0.717) is 35.5 Å². The molecule has 0 radical (unpaired) electrons. The zero-order valence-corrected chi connectivity index (χ0v) is 16.6. The average Bonchev–Trinajstić information content (AvgIpc) is 2.73. The number of nitrogens with one attached hydrogen (secondary N) is 2. The second-order valence-corrected chi connectivity index (χ2v) is 6.72. The number of aryl methyl sites for hydroxylation is 2. The van der Waals surface area contributed by atoms with Gasteiger partial charge in [-0.2, -0.15) is 0 Å². The van der Waals surface area contributed by atoms with Gasteiger partial charge in [0.1, 0.15) is 5.75 Å². The Bertz CT molecular complexity index is 1000. The van der Waals surface area contributed by atoms with Gasteiger partial charge >= 0.3 is 0 Å². The molecule has 0 aromatic heterocycles. The van der Waals surface area contributed by atoms with Crippen LogP contribution in [0.4, 0.5) is 11.4 Å². The zero-order chi connectivity index (χ0) is 20.6. The Kier molecular flexibility index (Phi) is 6.63. The van der Waals surface area contributed by atoms with E-state index in [1.165, 1.54) is 7.11 Å². The summed E-state index contributed by atoms with van der Waals surface area (Å²) in [5.41, 5.74) is 3.69. The number of carbonyl (C=O) groups excluding carboxylic acids is 2. The van der Waals surface area contributed by atoms with E-state index in [-0.39, 0.29) is 11.8 Å². The molecule has 148 valence electrons. The van der Waals surface area contributed by atoms with Gasteiger partial charge in [-0.1, -0.05) is 48.5 Å². The van der Waals surface area contributed by atoms with Crippen LogP contribution in [0.1, 0.15) is 27.9 Å². The molecule has 0 aliphatic rings. The van der Waals surface area contributed by atoms with E-state index in [4.69, 9.17) is 4.74 Å². The highest BCUT2D eigenvalue weighted by atomic mass is 16.5.